The van der Waals surface area contributed by atoms with Crippen molar-refractivity contribution in [2.24, 2.45) is 10.8 Å². The summed E-state index contributed by atoms with van der Waals surface area (Å²) in [6.07, 6.45) is 1.75. The molecule has 0 aliphatic rings. The average Bonchev–Trinajstić information content (AvgIpc) is 2.78. The number of aromatic nitrogens is 1. The van der Waals surface area contributed by atoms with Crippen molar-refractivity contribution in [1.29, 1.82) is 0 Å². The van der Waals surface area contributed by atoms with Gasteiger partial charge in [-0.15, -0.1) is 0 Å². The molecule has 12 heteroatoms. The molecule has 0 bridgehead atoms. The summed E-state index contributed by atoms with van der Waals surface area (Å²) in [7, 11) is 1.37. The van der Waals surface area contributed by atoms with E-state index in [2.05, 4.69) is 15.4 Å². The van der Waals surface area contributed by atoms with Crippen LogP contribution in [0.5, 0.6) is 0 Å². The highest BCUT2D eigenvalue weighted by atomic mass is 19.3. The SMILES string of the molecule is CN(N)NC=NCC(O)(c1ccc(F)cc1F)C(F)(F)c1ccc(-c2cc(F)ccc2F)cn1. The standard InChI is InChI=1S/C22H19F6N5O/c1-33(29)32-12-30-11-21(34,17-5-3-15(24)9-19(17)26)22(27,28)20-7-2-13(10-31-20)16-8-14(23)4-6-18(16)25/h2-10,12,34H,11,29H2,1H3,(H,30,32). The van der Waals surface area contributed by atoms with Crippen molar-refractivity contribution < 1.29 is 31.4 Å². The summed E-state index contributed by atoms with van der Waals surface area (Å²) >= 11 is 0. The molecule has 1 atom stereocenters. The molecule has 3 aromatic rings. The first kappa shape index (κ1) is 25.1. The Morgan fingerprint density at radius 2 is 1.71 bits per heavy atom. The number of rotatable bonds is 8. The minimum Gasteiger partial charge on any atom is -0.377 e. The minimum absolute atomic E-state index is 0.0127. The van der Waals surface area contributed by atoms with E-state index in [0.717, 1.165) is 48.0 Å². The first-order valence-electron chi connectivity index (χ1n) is 9.66. The van der Waals surface area contributed by atoms with E-state index < -0.39 is 52.6 Å². The van der Waals surface area contributed by atoms with E-state index in [4.69, 9.17) is 5.84 Å². The third kappa shape index (κ3) is 5.03. The highest BCUT2D eigenvalue weighted by Crippen LogP contribution is 2.46. The second-order valence-electron chi connectivity index (χ2n) is 7.32. The molecule has 1 heterocycles. The third-order valence-electron chi connectivity index (χ3n) is 4.89. The van der Waals surface area contributed by atoms with Crippen molar-refractivity contribution in [2.75, 3.05) is 13.6 Å². The minimum atomic E-state index is -4.27. The number of nitrogens with zero attached hydrogens (tertiary/aromatic N) is 3. The van der Waals surface area contributed by atoms with Gasteiger partial charge in [-0.25, -0.2) is 17.6 Å². The predicted octanol–water partition coefficient (Wildman–Crippen LogP) is 3.62. The maximum absolute atomic E-state index is 15.6. The highest BCUT2D eigenvalue weighted by Gasteiger charge is 2.57. The van der Waals surface area contributed by atoms with Gasteiger partial charge in [0.25, 0.3) is 0 Å². The lowest BCUT2D eigenvalue weighted by atomic mass is 9.84. The molecule has 0 aliphatic heterocycles. The van der Waals surface area contributed by atoms with Crippen LogP contribution in [0.2, 0.25) is 0 Å². The van der Waals surface area contributed by atoms with Crippen LogP contribution >= 0.6 is 0 Å². The summed E-state index contributed by atoms with van der Waals surface area (Å²) in [5, 5.41) is 12.0. The molecule has 0 saturated carbocycles. The molecular formula is C22H19F6N5O. The molecule has 6 nitrogen and oxygen atoms in total. The Morgan fingerprint density at radius 1 is 1.03 bits per heavy atom. The molecule has 1 unspecified atom stereocenters. The first-order valence-corrected chi connectivity index (χ1v) is 9.66. The molecular weight excluding hydrogens is 464 g/mol. The van der Waals surface area contributed by atoms with E-state index in [9.17, 15) is 22.7 Å². The van der Waals surface area contributed by atoms with Gasteiger partial charge in [-0.1, -0.05) is 6.07 Å². The summed E-state index contributed by atoms with van der Waals surface area (Å²) in [6, 6.07) is 6.18. The Hall–Kier alpha value is -3.48. The van der Waals surface area contributed by atoms with Crippen molar-refractivity contribution in [3.05, 3.63) is 89.3 Å². The topological polar surface area (TPSA) is 86.8 Å². The number of halogens is 6. The number of pyridine rings is 1. The Morgan fingerprint density at radius 3 is 2.32 bits per heavy atom. The molecule has 0 spiro atoms. The maximum Gasteiger partial charge on any atom is 0.323 e. The quantitative estimate of drug-likeness (QED) is 0.150. The number of benzene rings is 2. The molecule has 1 aromatic heterocycles. The van der Waals surface area contributed by atoms with Gasteiger partial charge in [-0.2, -0.15) is 13.9 Å². The fourth-order valence-corrected chi connectivity index (χ4v) is 3.16. The Kier molecular flexibility index (Phi) is 7.24. The van der Waals surface area contributed by atoms with Crippen LogP contribution in [0.1, 0.15) is 11.3 Å². The van der Waals surface area contributed by atoms with Crippen LogP contribution in [0.3, 0.4) is 0 Å². The van der Waals surface area contributed by atoms with Crippen molar-refractivity contribution in [2.45, 2.75) is 11.5 Å². The van der Waals surface area contributed by atoms with Gasteiger partial charge in [0.2, 0.25) is 0 Å². The lowest BCUT2D eigenvalue weighted by Crippen LogP contribution is -2.47. The average molecular weight is 483 g/mol. The lowest BCUT2D eigenvalue weighted by molar-refractivity contribution is -0.193. The molecule has 0 aliphatic carbocycles. The van der Waals surface area contributed by atoms with Gasteiger partial charge in [-0.3, -0.25) is 21.2 Å². The Balaban J connectivity index is 2.05. The number of aliphatic imine (C=N–C) groups is 1. The van der Waals surface area contributed by atoms with E-state index >= 15 is 8.78 Å². The van der Waals surface area contributed by atoms with E-state index in [1.54, 1.807) is 0 Å². The van der Waals surface area contributed by atoms with E-state index in [-0.39, 0.29) is 11.1 Å². The van der Waals surface area contributed by atoms with Crippen LogP contribution in [0.25, 0.3) is 11.1 Å². The van der Waals surface area contributed by atoms with Crippen LogP contribution in [-0.4, -0.2) is 35.1 Å². The van der Waals surface area contributed by atoms with Crippen LogP contribution in [-0.2, 0) is 11.5 Å². The van der Waals surface area contributed by atoms with Crippen LogP contribution in [0, 0.1) is 23.3 Å². The van der Waals surface area contributed by atoms with Crippen molar-refractivity contribution >= 4 is 6.34 Å². The molecule has 0 amide bonds. The zero-order valence-corrected chi connectivity index (χ0v) is 17.6. The summed E-state index contributed by atoms with van der Waals surface area (Å²) in [5.41, 5.74) is -3.14. The number of nitrogens with one attached hydrogen (secondary N) is 1. The number of hydrazine groups is 2. The van der Waals surface area contributed by atoms with E-state index in [0.29, 0.717) is 18.2 Å². The lowest BCUT2D eigenvalue weighted by Gasteiger charge is -2.35. The monoisotopic (exact) mass is 483 g/mol. The van der Waals surface area contributed by atoms with Gasteiger partial charge in [0.15, 0.2) is 5.60 Å². The zero-order chi connectivity index (χ0) is 25.1. The fourth-order valence-electron chi connectivity index (χ4n) is 3.16. The molecule has 180 valence electrons. The number of nitrogens with two attached hydrogens (primary N) is 1. The van der Waals surface area contributed by atoms with Crippen molar-refractivity contribution in [3.8, 4) is 11.1 Å². The predicted molar refractivity (Wildman–Crippen MR) is 112 cm³/mol. The number of aliphatic hydroxyl groups is 1. The Labute approximate surface area is 190 Å². The maximum atomic E-state index is 15.6. The smallest absolute Gasteiger partial charge is 0.323 e. The van der Waals surface area contributed by atoms with Gasteiger partial charge >= 0.3 is 5.92 Å². The number of hydrogen-bond acceptors (Lipinski definition) is 5. The van der Waals surface area contributed by atoms with Crippen molar-refractivity contribution in [3.63, 3.8) is 0 Å². The zero-order valence-electron chi connectivity index (χ0n) is 17.6. The summed E-state index contributed by atoms with van der Waals surface area (Å²) in [6.45, 7) is -1.08. The summed E-state index contributed by atoms with van der Waals surface area (Å²) in [5.74, 6) is -2.98. The normalized spacial score (nSPS) is 13.9. The molecule has 34 heavy (non-hydrogen) atoms. The number of hydrogen-bond donors (Lipinski definition) is 3. The molecule has 3 rings (SSSR count). The van der Waals surface area contributed by atoms with E-state index in [1.807, 2.05) is 0 Å². The molecule has 0 saturated heterocycles. The van der Waals surface area contributed by atoms with Gasteiger partial charge in [0.1, 0.15) is 29.0 Å². The second-order valence-corrected chi connectivity index (χ2v) is 7.32. The largest absolute Gasteiger partial charge is 0.377 e. The third-order valence-corrected chi connectivity index (χ3v) is 4.89. The highest BCUT2D eigenvalue weighted by molar-refractivity contribution is 5.63. The van der Waals surface area contributed by atoms with E-state index in [1.165, 1.54) is 7.05 Å². The molecule has 0 fully saturated rings. The van der Waals surface area contributed by atoms with Gasteiger partial charge in [0, 0.05) is 36.0 Å². The van der Waals surface area contributed by atoms with Gasteiger partial charge in [-0.05, 0) is 36.4 Å². The van der Waals surface area contributed by atoms with Gasteiger partial charge in [0.05, 0.1) is 12.9 Å². The van der Waals surface area contributed by atoms with Crippen LogP contribution in [0.15, 0.2) is 59.7 Å². The molecule has 4 N–H and O–H groups in total. The summed E-state index contributed by atoms with van der Waals surface area (Å²) in [4.78, 5) is 7.24. The first-order chi connectivity index (χ1) is 16.0. The van der Waals surface area contributed by atoms with Crippen molar-refractivity contribution in [1.82, 2.24) is 15.5 Å². The summed E-state index contributed by atoms with van der Waals surface area (Å²) < 4.78 is 86.5. The second kappa shape index (κ2) is 9.79. The van der Waals surface area contributed by atoms with Crippen LogP contribution in [0.4, 0.5) is 26.3 Å². The van der Waals surface area contributed by atoms with Gasteiger partial charge < -0.3 is 5.11 Å². The number of alkyl halides is 2. The van der Waals surface area contributed by atoms with Crippen LogP contribution < -0.4 is 11.3 Å². The molecule has 2 aromatic carbocycles. The fraction of sp³-hybridized carbons (Fsp3) is 0.182. The Bertz CT molecular complexity index is 1190. The molecule has 0 radical (unpaired) electrons.